The van der Waals surface area contributed by atoms with E-state index in [1.54, 1.807) is 18.3 Å². The molecule has 1 aliphatic heterocycles. The summed E-state index contributed by atoms with van der Waals surface area (Å²) in [5, 5.41) is 2.74. The van der Waals surface area contributed by atoms with Crippen LogP contribution in [0.5, 0.6) is 0 Å². The van der Waals surface area contributed by atoms with Crippen LogP contribution >= 0.6 is 22.9 Å². The first kappa shape index (κ1) is 16.2. The van der Waals surface area contributed by atoms with Crippen molar-refractivity contribution in [3.63, 3.8) is 0 Å². The molecule has 2 amide bonds. The molecule has 2 aromatic heterocycles. The lowest BCUT2D eigenvalue weighted by atomic mass is 10.1. The van der Waals surface area contributed by atoms with Gasteiger partial charge in [0.15, 0.2) is 0 Å². The molecule has 3 aromatic rings. The van der Waals surface area contributed by atoms with Crippen molar-refractivity contribution in [3.05, 3.63) is 59.1 Å². The Morgan fingerprint density at radius 2 is 2.04 bits per heavy atom. The standard InChI is InChI=1S/C18H16ClN3O2S/c1-11-16(19)18(24)22(11)20-17(23)14-9-15-13(7-8-25-15)21(14)10-12-5-3-2-4-6-12/h2-9,11,16H,10H2,1H3,(H,20,23). The number of carbonyl (C=O) groups is 2. The highest BCUT2D eigenvalue weighted by atomic mass is 35.5. The van der Waals surface area contributed by atoms with Crippen LogP contribution in [-0.2, 0) is 11.3 Å². The summed E-state index contributed by atoms with van der Waals surface area (Å²) in [6, 6.07) is 13.6. The number of hydrogen-bond donors (Lipinski definition) is 1. The van der Waals surface area contributed by atoms with E-state index in [0.29, 0.717) is 12.2 Å². The molecular weight excluding hydrogens is 358 g/mol. The second-order valence-corrected chi connectivity index (χ2v) is 7.48. The minimum absolute atomic E-state index is 0.211. The van der Waals surface area contributed by atoms with Crippen LogP contribution in [-0.4, -0.2) is 32.8 Å². The fraction of sp³-hybridized carbons (Fsp3) is 0.222. The van der Waals surface area contributed by atoms with Crippen LogP contribution in [0.15, 0.2) is 47.8 Å². The molecule has 0 spiro atoms. The second kappa shape index (κ2) is 6.20. The van der Waals surface area contributed by atoms with E-state index in [9.17, 15) is 9.59 Å². The van der Waals surface area contributed by atoms with Gasteiger partial charge in [-0.05, 0) is 30.0 Å². The summed E-state index contributed by atoms with van der Waals surface area (Å²) in [6.45, 7) is 2.40. The van der Waals surface area contributed by atoms with Crippen molar-refractivity contribution < 1.29 is 9.59 Å². The van der Waals surface area contributed by atoms with Gasteiger partial charge in [0.05, 0.1) is 16.3 Å². The summed E-state index contributed by atoms with van der Waals surface area (Å²) in [7, 11) is 0. The van der Waals surface area contributed by atoms with E-state index < -0.39 is 5.38 Å². The van der Waals surface area contributed by atoms with Crippen LogP contribution in [0.2, 0.25) is 0 Å². The number of amides is 2. The maximum Gasteiger partial charge on any atom is 0.286 e. The van der Waals surface area contributed by atoms with Gasteiger partial charge in [-0.2, -0.15) is 0 Å². The van der Waals surface area contributed by atoms with Gasteiger partial charge in [0, 0.05) is 6.54 Å². The Morgan fingerprint density at radius 3 is 2.76 bits per heavy atom. The van der Waals surface area contributed by atoms with Crippen molar-refractivity contribution in [2.24, 2.45) is 0 Å². The molecule has 128 valence electrons. The third-order valence-electron chi connectivity index (χ3n) is 4.47. The maximum absolute atomic E-state index is 12.8. The van der Waals surface area contributed by atoms with Gasteiger partial charge in [0.2, 0.25) is 0 Å². The predicted molar refractivity (Wildman–Crippen MR) is 98.8 cm³/mol. The topological polar surface area (TPSA) is 54.3 Å². The van der Waals surface area contributed by atoms with E-state index in [1.165, 1.54) is 5.01 Å². The number of nitrogens with one attached hydrogen (secondary N) is 1. The molecule has 0 bridgehead atoms. The van der Waals surface area contributed by atoms with E-state index in [4.69, 9.17) is 11.6 Å². The Balaban J connectivity index is 1.65. The maximum atomic E-state index is 12.8. The van der Waals surface area contributed by atoms with Crippen molar-refractivity contribution >= 4 is 45.0 Å². The first-order valence-corrected chi connectivity index (χ1v) is 9.26. The number of hydrogen-bond acceptors (Lipinski definition) is 3. The number of alkyl halides is 1. The Kier molecular flexibility index (Phi) is 4.01. The molecule has 1 N–H and O–H groups in total. The van der Waals surface area contributed by atoms with Crippen LogP contribution < -0.4 is 5.43 Å². The quantitative estimate of drug-likeness (QED) is 0.564. The number of hydrazine groups is 1. The minimum atomic E-state index is -0.570. The number of halogens is 1. The predicted octanol–water partition coefficient (Wildman–Crippen LogP) is 3.23. The molecular formula is C18H16ClN3O2S. The molecule has 0 aliphatic carbocycles. The lowest BCUT2D eigenvalue weighted by Gasteiger charge is -2.41. The highest BCUT2D eigenvalue weighted by Gasteiger charge is 2.44. The number of fused-ring (bicyclic) bond motifs is 1. The summed E-state index contributed by atoms with van der Waals surface area (Å²) in [4.78, 5) is 24.6. The molecule has 0 radical (unpaired) electrons. The zero-order valence-corrected chi connectivity index (χ0v) is 15.1. The van der Waals surface area contributed by atoms with E-state index >= 15 is 0 Å². The van der Waals surface area contributed by atoms with Gasteiger partial charge in [0.1, 0.15) is 11.1 Å². The summed E-state index contributed by atoms with van der Waals surface area (Å²) in [5.74, 6) is -0.575. The molecule has 0 saturated carbocycles. The van der Waals surface area contributed by atoms with Crippen LogP contribution in [0.25, 0.3) is 10.2 Å². The fourth-order valence-corrected chi connectivity index (χ4v) is 4.05. The molecule has 1 saturated heterocycles. The SMILES string of the molecule is CC1C(Cl)C(=O)N1NC(=O)c1cc2sccc2n1Cc1ccccc1. The monoisotopic (exact) mass is 373 g/mol. The molecule has 2 atom stereocenters. The average molecular weight is 374 g/mol. The van der Waals surface area contributed by atoms with E-state index in [0.717, 1.165) is 15.8 Å². The first-order chi connectivity index (χ1) is 12.1. The number of β-lactam (4-membered cyclic amide) rings is 1. The molecule has 4 rings (SSSR count). The number of nitrogens with zero attached hydrogens (tertiary/aromatic N) is 2. The van der Waals surface area contributed by atoms with Gasteiger partial charge in [-0.25, -0.2) is 5.01 Å². The third kappa shape index (κ3) is 2.71. The molecule has 1 fully saturated rings. The van der Waals surface area contributed by atoms with Crippen molar-refractivity contribution in [2.45, 2.75) is 24.9 Å². The number of benzene rings is 1. The minimum Gasteiger partial charge on any atom is -0.331 e. The fourth-order valence-electron chi connectivity index (χ4n) is 3.01. The summed E-state index contributed by atoms with van der Waals surface area (Å²) in [5.41, 5.74) is 5.33. The Labute approximate surface area is 153 Å². The van der Waals surface area contributed by atoms with E-state index in [2.05, 4.69) is 5.43 Å². The Morgan fingerprint density at radius 1 is 1.28 bits per heavy atom. The van der Waals surface area contributed by atoms with Gasteiger partial charge >= 0.3 is 0 Å². The number of aromatic nitrogens is 1. The van der Waals surface area contributed by atoms with Crippen LogP contribution in [0, 0.1) is 0 Å². The summed E-state index contributed by atoms with van der Waals surface area (Å²) < 4.78 is 3.02. The largest absolute Gasteiger partial charge is 0.331 e. The lowest BCUT2D eigenvalue weighted by Crippen LogP contribution is -2.67. The number of carbonyl (C=O) groups excluding carboxylic acids is 2. The van der Waals surface area contributed by atoms with Gasteiger partial charge in [-0.15, -0.1) is 22.9 Å². The van der Waals surface area contributed by atoms with Crippen LogP contribution in [0.1, 0.15) is 23.0 Å². The van der Waals surface area contributed by atoms with Crippen LogP contribution in [0.3, 0.4) is 0 Å². The van der Waals surface area contributed by atoms with E-state index in [1.807, 2.05) is 52.4 Å². The second-order valence-electron chi connectivity index (χ2n) is 6.06. The van der Waals surface area contributed by atoms with E-state index in [-0.39, 0.29) is 17.9 Å². The summed E-state index contributed by atoms with van der Waals surface area (Å²) >= 11 is 7.50. The van der Waals surface area contributed by atoms with Gasteiger partial charge in [-0.3, -0.25) is 15.0 Å². The smallest absolute Gasteiger partial charge is 0.286 e. The zero-order chi connectivity index (χ0) is 17.6. The molecule has 7 heteroatoms. The summed E-state index contributed by atoms with van der Waals surface area (Å²) in [6.07, 6.45) is 0. The Hall–Kier alpha value is -2.31. The average Bonchev–Trinajstić information content (AvgIpc) is 3.22. The lowest BCUT2D eigenvalue weighted by molar-refractivity contribution is -0.148. The molecule has 5 nitrogen and oxygen atoms in total. The first-order valence-electron chi connectivity index (χ1n) is 7.95. The van der Waals surface area contributed by atoms with Crippen molar-refractivity contribution in [3.8, 4) is 0 Å². The van der Waals surface area contributed by atoms with Crippen LogP contribution in [0.4, 0.5) is 0 Å². The highest BCUT2D eigenvalue weighted by molar-refractivity contribution is 7.17. The number of thiophene rings is 1. The molecule has 1 aliphatic rings. The van der Waals surface area contributed by atoms with Crippen molar-refractivity contribution in [1.29, 1.82) is 0 Å². The normalized spacial score (nSPS) is 19.9. The van der Waals surface area contributed by atoms with Gasteiger partial charge in [0.25, 0.3) is 11.8 Å². The number of rotatable bonds is 4. The van der Waals surface area contributed by atoms with Crippen molar-refractivity contribution in [2.75, 3.05) is 0 Å². The zero-order valence-electron chi connectivity index (χ0n) is 13.5. The molecule has 2 unspecified atom stereocenters. The van der Waals surface area contributed by atoms with Gasteiger partial charge in [-0.1, -0.05) is 30.3 Å². The molecule has 1 aromatic carbocycles. The highest BCUT2D eigenvalue weighted by Crippen LogP contribution is 2.27. The molecule has 25 heavy (non-hydrogen) atoms. The van der Waals surface area contributed by atoms with Crippen molar-refractivity contribution in [1.82, 2.24) is 15.0 Å². The van der Waals surface area contributed by atoms with Gasteiger partial charge < -0.3 is 4.57 Å². The molecule has 3 heterocycles. The third-order valence-corrected chi connectivity index (χ3v) is 5.87. The Bertz CT molecular complexity index is 950.